The molecule has 0 fully saturated rings. The number of nitrogens with zero attached hydrogens (tertiary/aromatic N) is 2. The minimum atomic E-state index is -1.06. The molecule has 0 aromatic rings. The molecule has 4 nitrogen and oxygen atoms in total. The zero-order valence-electron chi connectivity index (χ0n) is 6.98. The van der Waals surface area contributed by atoms with E-state index < -0.39 is 5.97 Å². The van der Waals surface area contributed by atoms with Gasteiger partial charge in [-0.15, -0.1) is 0 Å². The summed E-state index contributed by atoms with van der Waals surface area (Å²) in [5.41, 5.74) is 11.0. The third kappa shape index (κ3) is 0.666. The Balaban J connectivity index is 2.53. The summed E-state index contributed by atoms with van der Waals surface area (Å²) in [4.78, 5) is 13.9. The molecule has 0 aliphatic heterocycles. The first-order valence-electron chi connectivity index (χ1n) is 4.08. The van der Waals surface area contributed by atoms with Crippen molar-refractivity contribution in [1.29, 1.82) is 0 Å². The number of aliphatic carboxylic acids is 1. The molecule has 0 bridgehead atoms. The number of fused-ring (bicyclic) bond motifs is 3. The maximum atomic E-state index is 10.9. The van der Waals surface area contributed by atoms with Crippen molar-refractivity contribution in [3.05, 3.63) is 28.1 Å². The smallest absolute Gasteiger partial charge is 0.344 e. The summed E-state index contributed by atoms with van der Waals surface area (Å²) < 4.78 is 0. The van der Waals surface area contributed by atoms with Gasteiger partial charge in [-0.1, -0.05) is 0 Å². The van der Waals surface area contributed by atoms with Crippen LogP contribution in [-0.2, 0) is 4.79 Å². The summed E-state index contributed by atoms with van der Waals surface area (Å²) in [6, 6.07) is 3.78. The highest BCUT2D eigenvalue weighted by atomic mass is 16.4. The van der Waals surface area contributed by atoms with Gasteiger partial charge in [0.1, 0.15) is 0 Å². The van der Waals surface area contributed by atoms with Crippen LogP contribution in [0.3, 0.4) is 0 Å². The summed E-state index contributed by atoms with van der Waals surface area (Å²) in [7, 11) is 0. The molecule has 3 aliphatic carbocycles. The summed E-state index contributed by atoms with van der Waals surface area (Å²) in [5.74, 6) is -1.06. The molecule has 0 radical (unpaired) electrons. The van der Waals surface area contributed by atoms with Gasteiger partial charge in [0.15, 0.2) is 5.57 Å². The van der Waals surface area contributed by atoms with Gasteiger partial charge >= 0.3 is 11.7 Å². The lowest BCUT2D eigenvalue weighted by Crippen LogP contribution is -2.21. The van der Waals surface area contributed by atoms with E-state index in [0.29, 0.717) is 5.22 Å². The molecule has 0 aromatic carbocycles. The van der Waals surface area contributed by atoms with Crippen molar-refractivity contribution in [1.82, 2.24) is 0 Å². The first-order chi connectivity index (χ1) is 6.72. The van der Waals surface area contributed by atoms with Crippen molar-refractivity contribution in [2.75, 3.05) is 0 Å². The largest absolute Gasteiger partial charge is 0.477 e. The average molecular weight is 184 g/mol. The van der Waals surface area contributed by atoms with Gasteiger partial charge in [-0.2, -0.15) is 4.79 Å². The van der Waals surface area contributed by atoms with Gasteiger partial charge in [0, 0.05) is 11.3 Å². The first kappa shape index (κ1) is 7.24. The van der Waals surface area contributed by atoms with Crippen LogP contribution in [0, 0.1) is 0 Å². The van der Waals surface area contributed by atoms with Gasteiger partial charge in [0.25, 0.3) is 0 Å². The van der Waals surface area contributed by atoms with Crippen LogP contribution in [-0.4, -0.2) is 21.6 Å². The quantitative estimate of drug-likeness (QED) is 0.473. The van der Waals surface area contributed by atoms with Gasteiger partial charge in [-0.05, 0) is 28.5 Å². The van der Waals surface area contributed by atoms with E-state index in [2.05, 4.69) is 4.79 Å². The Bertz CT molecular complexity index is 664. The van der Waals surface area contributed by atoms with Gasteiger partial charge in [0.05, 0.1) is 0 Å². The standard InChI is InChI=1S/C10H4N2O2/c11-12-8-3-6-5-1-4(5)2-7(6)9(8)10(13)14/h1-3H,(H,13,14). The molecular weight excluding hydrogens is 180 g/mol. The SMILES string of the molecule is [N-]=[N+]=C1C=c2c3cc-3cc2=C1C(=O)O. The first-order valence-corrected chi connectivity index (χ1v) is 4.08. The number of carboxylic acids is 1. The van der Waals surface area contributed by atoms with Crippen molar-refractivity contribution >= 4 is 23.3 Å². The zero-order valence-corrected chi connectivity index (χ0v) is 6.98. The predicted molar refractivity (Wildman–Crippen MR) is 48.8 cm³/mol. The van der Waals surface area contributed by atoms with Gasteiger partial charge in [-0.3, -0.25) is 0 Å². The van der Waals surface area contributed by atoms with Crippen LogP contribution >= 0.6 is 0 Å². The molecule has 14 heavy (non-hydrogen) atoms. The van der Waals surface area contributed by atoms with Crippen LogP contribution < -0.4 is 10.4 Å². The van der Waals surface area contributed by atoms with E-state index >= 15 is 0 Å². The molecule has 0 unspecified atom stereocenters. The van der Waals surface area contributed by atoms with Crippen molar-refractivity contribution in [3.8, 4) is 11.1 Å². The van der Waals surface area contributed by atoms with Crippen LogP contribution in [0.25, 0.3) is 28.3 Å². The lowest BCUT2D eigenvalue weighted by Gasteiger charge is -1.86. The molecule has 0 atom stereocenters. The van der Waals surface area contributed by atoms with Crippen LogP contribution in [0.4, 0.5) is 0 Å². The molecule has 3 aliphatic rings. The fourth-order valence-electron chi connectivity index (χ4n) is 1.86. The highest BCUT2D eigenvalue weighted by Gasteiger charge is 2.31. The maximum absolute atomic E-state index is 10.9. The highest BCUT2D eigenvalue weighted by molar-refractivity contribution is 6.49. The molecule has 0 aromatic heterocycles. The molecule has 3 rings (SSSR count). The summed E-state index contributed by atoms with van der Waals surface area (Å²) >= 11 is 0. The number of carbonyl (C=O) groups is 1. The maximum Gasteiger partial charge on any atom is 0.344 e. The third-order valence-corrected chi connectivity index (χ3v) is 2.54. The predicted octanol–water partition coefficient (Wildman–Crippen LogP) is -0.633. The van der Waals surface area contributed by atoms with Crippen molar-refractivity contribution in [3.63, 3.8) is 0 Å². The molecule has 66 valence electrons. The minimum Gasteiger partial charge on any atom is -0.477 e. The number of hydrogen-bond donors (Lipinski definition) is 1. The van der Waals surface area contributed by atoms with E-state index in [-0.39, 0.29) is 11.3 Å². The number of carboxylic acid groups (broad SMARTS) is 1. The van der Waals surface area contributed by atoms with Gasteiger partial charge in [-0.25, -0.2) is 4.79 Å². The van der Waals surface area contributed by atoms with Crippen molar-refractivity contribution < 1.29 is 14.7 Å². The Morgan fingerprint density at radius 3 is 2.86 bits per heavy atom. The molecule has 0 heterocycles. The molecular formula is C10H4N2O2. The van der Waals surface area contributed by atoms with Gasteiger partial charge < -0.3 is 10.6 Å². The summed E-state index contributed by atoms with van der Waals surface area (Å²) in [5, 5.41) is 10.5. The number of benzene rings is 1. The van der Waals surface area contributed by atoms with Crippen molar-refractivity contribution in [2.24, 2.45) is 0 Å². The summed E-state index contributed by atoms with van der Waals surface area (Å²) in [6.45, 7) is 0. The van der Waals surface area contributed by atoms with Crippen LogP contribution in [0.5, 0.6) is 0 Å². The van der Waals surface area contributed by atoms with Crippen LogP contribution in [0.1, 0.15) is 0 Å². The molecule has 0 saturated heterocycles. The Kier molecular flexibility index (Phi) is 1.03. The van der Waals surface area contributed by atoms with Crippen LogP contribution in [0.15, 0.2) is 12.1 Å². The molecule has 0 amide bonds. The Morgan fingerprint density at radius 2 is 2.21 bits per heavy atom. The lowest BCUT2D eigenvalue weighted by atomic mass is 10.2. The summed E-state index contributed by atoms with van der Waals surface area (Å²) in [6.07, 6.45) is 1.60. The molecule has 1 N–H and O–H groups in total. The zero-order chi connectivity index (χ0) is 9.87. The topological polar surface area (TPSA) is 73.7 Å². The monoisotopic (exact) mass is 184 g/mol. The second-order valence-electron chi connectivity index (χ2n) is 3.29. The third-order valence-electron chi connectivity index (χ3n) is 2.54. The van der Waals surface area contributed by atoms with Gasteiger partial charge in [0.2, 0.25) is 0 Å². The number of rotatable bonds is 1. The normalized spacial score (nSPS) is 14.6. The van der Waals surface area contributed by atoms with E-state index in [1.165, 1.54) is 0 Å². The lowest BCUT2D eigenvalue weighted by molar-refractivity contribution is -0.130. The Labute approximate surface area is 78.0 Å². The minimum absolute atomic E-state index is 0.0862. The second-order valence-corrected chi connectivity index (χ2v) is 3.29. The van der Waals surface area contributed by atoms with E-state index in [9.17, 15) is 4.79 Å². The second kappa shape index (κ2) is 2.00. The molecule has 4 heteroatoms. The van der Waals surface area contributed by atoms with E-state index in [1.807, 2.05) is 12.1 Å². The molecule has 0 spiro atoms. The fourth-order valence-corrected chi connectivity index (χ4v) is 1.86. The average Bonchev–Trinajstić information content (AvgIpc) is 2.69. The van der Waals surface area contributed by atoms with E-state index in [0.717, 1.165) is 16.3 Å². The highest BCUT2D eigenvalue weighted by Crippen LogP contribution is 2.28. The van der Waals surface area contributed by atoms with Crippen molar-refractivity contribution in [2.45, 2.75) is 0 Å². The fraction of sp³-hybridized carbons (Fsp3) is 0. The molecule has 0 saturated carbocycles. The Hall–Kier alpha value is -2.19. The Morgan fingerprint density at radius 1 is 1.43 bits per heavy atom. The van der Waals surface area contributed by atoms with E-state index in [1.54, 1.807) is 6.08 Å². The number of hydrogen-bond acceptors (Lipinski definition) is 1. The van der Waals surface area contributed by atoms with E-state index in [4.69, 9.17) is 10.6 Å². The van der Waals surface area contributed by atoms with Crippen LogP contribution in [0.2, 0.25) is 0 Å².